The molecule has 0 aliphatic rings. The summed E-state index contributed by atoms with van der Waals surface area (Å²) in [7, 11) is 1.91. The largest absolute Gasteiger partial charge is 0.487 e. The molecule has 0 radical (unpaired) electrons. The van der Waals surface area contributed by atoms with Gasteiger partial charge in [-0.05, 0) is 49.9 Å². The maximum atomic E-state index is 5.81. The Morgan fingerprint density at radius 3 is 2.74 bits per heavy atom. The van der Waals surface area contributed by atoms with Crippen molar-refractivity contribution in [3.05, 3.63) is 57.8 Å². The summed E-state index contributed by atoms with van der Waals surface area (Å²) in [4.78, 5) is 4.53. The van der Waals surface area contributed by atoms with Gasteiger partial charge in [-0.1, -0.05) is 22.0 Å². The standard InChI is InChI=1S/C15H17BrN2O/c1-11-8-12(16)6-7-15(11)19-10-14-5-3-4-13(18-14)9-17-2/h3-8,17H,9-10H2,1-2H3. The van der Waals surface area contributed by atoms with Gasteiger partial charge in [0.15, 0.2) is 0 Å². The molecule has 0 amide bonds. The number of aromatic nitrogens is 1. The summed E-state index contributed by atoms with van der Waals surface area (Å²) in [5, 5.41) is 3.09. The molecule has 19 heavy (non-hydrogen) atoms. The van der Waals surface area contributed by atoms with Crippen LogP contribution in [0.2, 0.25) is 0 Å². The number of benzene rings is 1. The first-order valence-electron chi connectivity index (χ1n) is 6.17. The van der Waals surface area contributed by atoms with Crippen LogP contribution in [0.3, 0.4) is 0 Å². The molecule has 2 aromatic rings. The van der Waals surface area contributed by atoms with Gasteiger partial charge in [-0.25, -0.2) is 0 Å². The summed E-state index contributed by atoms with van der Waals surface area (Å²) in [5.74, 6) is 0.893. The lowest BCUT2D eigenvalue weighted by Crippen LogP contribution is -2.08. The Morgan fingerprint density at radius 1 is 1.21 bits per heavy atom. The second-order valence-corrected chi connectivity index (χ2v) is 5.26. The Kier molecular flexibility index (Phi) is 4.93. The van der Waals surface area contributed by atoms with E-state index < -0.39 is 0 Å². The first-order valence-corrected chi connectivity index (χ1v) is 6.96. The van der Waals surface area contributed by atoms with Gasteiger partial charge in [-0.3, -0.25) is 4.98 Å². The van der Waals surface area contributed by atoms with Crippen molar-refractivity contribution in [1.29, 1.82) is 0 Å². The number of aryl methyl sites for hydroxylation is 1. The van der Waals surface area contributed by atoms with E-state index in [4.69, 9.17) is 4.74 Å². The normalized spacial score (nSPS) is 10.5. The van der Waals surface area contributed by atoms with Gasteiger partial charge >= 0.3 is 0 Å². The molecular formula is C15H17BrN2O. The number of halogens is 1. The highest BCUT2D eigenvalue weighted by atomic mass is 79.9. The van der Waals surface area contributed by atoms with Crippen LogP contribution in [0.15, 0.2) is 40.9 Å². The molecule has 0 aliphatic heterocycles. The van der Waals surface area contributed by atoms with Crippen LogP contribution in [0.5, 0.6) is 5.75 Å². The maximum Gasteiger partial charge on any atom is 0.130 e. The SMILES string of the molecule is CNCc1cccc(COc2ccc(Br)cc2C)n1. The van der Waals surface area contributed by atoms with E-state index in [2.05, 4.69) is 26.2 Å². The molecular weight excluding hydrogens is 304 g/mol. The van der Waals surface area contributed by atoms with E-state index in [0.29, 0.717) is 6.61 Å². The molecule has 1 heterocycles. The van der Waals surface area contributed by atoms with Gasteiger partial charge in [0.1, 0.15) is 12.4 Å². The third-order valence-corrected chi connectivity index (χ3v) is 3.23. The summed E-state index contributed by atoms with van der Waals surface area (Å²) in [6, 6.07) is 12.0. The Labute approximate surface area is 122 Å². The second kappa shape index (κ2) is 6.68. The highest BCUT2D eigenvalue weighted by Gasteiger charge is 2.02. The van der Waals surface area contributed by atoms with E-state index in [0.717, 1.165) is 33.7 Å². The lowest BCUT2D eigenvalue weighted by atomic mass is 10.2. The molecule has 0 fully saturated rings. The number of nitrogens with one attached hydrogen (secondary N) is 1. The van der Waals surface area contributed by atoms with Gasteiger partial charge in [-0.15, -0.1) is 0 Å². The fraction of sp³-hybridized carbons (Fsp3) is 0.267. The number of nitrogens with zero attached hydrogens (tertiary/aromatic N) is 1. The van der Waals surface area contributed by atoms with Gasteiger partial charge in [0.25, 0.3) is 0 Å². The van der Waals surface area contributed by atoms with Gasteiger partial charge < -0.3 is 10.1 Å². The van der Waals surface area contributed by atoms with Crippen LogP contribution < -0.4 is 10.1 Å². The zero-order valence-electron chi connectivity index (χ0n) is 11.1. The van der Waals surface area contributed by atoms with Crippen molar-refractivity contribution >= 4 is 15.9 Å². The third kappa shape index (κ3) is 4.04. The molecule has 0 aliphatic carbocycles. The highest BCUT2D eigenvalue weighted by Crippen LogP contribution is 2.22. The van der Waals surface area contributed by atoms with E-state index >= 15 is 0 Å². The van der Waals surface area contributed by atoms with Crippen molar-refractivity contribution in [3.63, 3.8) is 0 Å². The lowest BCUT2D eigenvalue weighted by Gasteiger charge is -2.09. The molecule has 1 aromatic heterocycles. The van der Waals surface area contributed by atoms with E-state index in [1.54, 1.807) is 0 Å². The second-order valence-electron chi connectivity index (χ2n) is 4.35. The third-order valence-electron chi connectivity index (χ3n) is 2.73. The van der Waals surface area contributed by atoms with Crippen LogP contribution in [-0.2, 0) is 13.2 Å². The average molecular weight is 321 g/mol. The Balaban J connectivity index is 2.03. The summed E-state index contributed by atoms with van der Waals surface area (Å²) >= 11 is 3.44. The summed E-state index contributed by atoms with van der Waals surface area (Å²) < 4.78 is 6.87. The zero-order chi connectivity index (χ0) is 13.7. The minimum Gasteiger partial charge on any atom is -0.487 e. The van der Waals surface area contributed by atoms with Crippen molar-refractivity contribution < 1.29 is 4.74 Å². The highest BCUT2D eigenvalue weighted by molar-refractivity contribution is 9.10. The molecule has 1 N–H and O–H groups in total. The van der Waals surface area contributed by atoms with E-state index in [9.17, 15) is 0 Å². The predicted octanol–water partition coefficient (Wildman–Crippen LogP) is 3.45. The molecule has 0 spiro atoms. The number of ether oxygens (including phenoxy) is 1. The smallest absolute Gasteiger partial charge is 0.130 e. The molecule has 1 aromatic carbocycles. The lowest BCUT2D eigenvalue weighted by molar-refractivity contribution is 0.299. The van der Waals surface area contributed by atoms with Crippen LogP contribution in [0.25, 0.3) is 0 Å². The molecule has 0 bridgehead atoms. The average Bonchev–Trinajstić information content (AvgIpc) is 2.38. The fourth-order valence-electron chi connectivity index (χ4n) is 1.82. The van der Waals surface area contributed by atoms with Gasteiger partial charge in [0.2, 0.25) is 0 Å². The van der Waals surface area contributed by atoms with E-state index in [1.165, 1.54) is 0 Å². The Bertz CT molecular complexity index is 558. The Morgan fingerprint density at radius 2 is 2.00 bits per heavy atom. The van der Waals surface area contributed by atoms with Crippen LogP contribution in [-0.4, -0.2) is 12.0 Å². The fourth-order valence-corrected chi connectivity index (χ4v) is 2.29. The molecule has 4 heteroatoms. The number of rotatable bonds is 5. The number of hydrogen-bond acceptors (Lipinski definition) is 3. The van der Waals surface area contributed by atoms with Crippen LogP contribution >= 0.6 is 15.9 Å². The summed E-state index contributed by atoms with van der Waals surface area (Å²) in [6.07, 6.45) is 0. The maximum absolute atomic E-state index is 5.81. The molecule has 100 valence electrons. The summed E-state index contributed by atoms with van der Waals surface area (Å²) in [6.45, 7) is 3.29. The Hall–Kier alpha value is -1.39. The van der Waals surface area contributed by atoms with Crippen molar-refractivity contribution in [3.8, 4) is 5.75 Å². The van der Waals surface area contributed by atoms with Crippen molar-refractivity contribution in [2.45, 2.75) is 20.1 Å². The molecule has 0 saturated heterocycles. The van der Waals surface area contributed by atoms with E-state index in [-0.39, 0.29) is 0 Å². The zero-order valence-corrected chi connectivity index (χ0v) is 12.7. The predicted molar refractivity (Wildman–Crippen MR) is 80.2 cm³/mol. The van der Waals surface area contributed by atoms with Crippen LogP contribution in [0.1, 0.15) is 17.0 Å². The number of hydrogen-bond donors (Lipinski definition) is 1. The van der Waals surface area contributed by atoms with Gasteiger partial charge in [0.05, 0.1) is 11.4 Å². The van der Waals surface area contributed by atoms with Crippen molar-refractivity contribution in [2.24, 2.45) is 0 Å². The van der Waals surface area contributed by atoms with Gasteiger partial charge in [-0.2, -0.15) is 0 Å². The molecule has 2 rings (SSSR count). The monoisotopic (exact) mass is 320 g/mol. The molecule has 0 unspecified atom stereocenters. The topological polar surface area (TPSA) is 34.1 Å². The van der Waals surface area contributed by atoms with Crippen molar-refractivity contribution in [2.75, 3.05) is 7.05 Å². The minimum atomic E-state index is 0.486. The van der Waals surface area contributed by atoms with Gasteiger partial charge in [0, 0.05) is 11.0 Å². The number of pyridine rings is 1. The molecule has 0 saturated carbocycles. The summed E-state index contributed by atoms with van der Waals surface area (Å²) in [5.41, 5.74) is 3.08. The first-order chi connectivity index (χ1) is 9.19. The van der Waals surface area contributed by atoms with Crippen LogP contribution in [0.4, 0.5) is 0 Å². The molecule has 3 nitrogen and oxygen atoms in total. The van der Waals surface area contributed by atoms with Crippen molar-refractivity contribution in [1.82, 2.24) is 10.3 Å². The van der Waals surface area contributed by atoms with E-state index in [1.807, 2.05) is 50.4 Å². The minimum absolute atomic E-state index is 0.486. The van der Waals surface area contributed by atoms with Crippen LogP contribution in [0, 0.1) is 6.92 Å². The first kappa shape index (κ1) is 14.0. The molecule has 0 atom stereocenters. The quantitative estimate of drug-likeness (QED) is 0.916.